The molecule has 0 N–H and O–H groups in total. The Morgan fingerprint density at radius 1 is 0.758 bits per heavy atom. The number of hydrogen-bond donors (Lipinski definition) is 0. The fraction of sp³-hybridized carbons (Fsp3) is 0.778. The van der Waals surface area contributed by atoms with E-state index in [0.29, 0.717) is 39.8 Å². The van der Waals surface area contributed by atoms with Crippen LogP contribution >= 0.6 is 0 Å². The molecule has 1 aromatic rings. The smallest absolute Gasteiger partial charge is 0.231 e. The molecular weight excluding hydrogens is 431 g/mol. The van der Waals surface area contributed by atoms with Crippen LogP contribution in [0.25, 0.3) is 0 Å². The lowest BCUT2D eigenvalue weighted by molar-refractivity contribution is 0.0101. The summed E-state index contributed by atoms with van der Waals surface area (Å²) in [6, 6.07) is 4.12. The molecule has 33 heavy (non-hydrogen) atoms. The van der Waals surface area contributed by atoms with E-state index in [1.165, 1.54) is 21.7 Å². The summed E-state index contributed by atoms with van der Waals surface area (Å²) in [5.74, 6) is 3.51. The van der Waals surface area contributed by atoms with Crippen molar-refractivity contribution in [2.45, 2.75) is 84.4 Å². The SMILES string of the molecule is CC(C)[CH2][Al][CH2]C(C)C.CCCCOCCOCCOCc1cc2c(cc1CCC)OCO2. The Morgan fingerprint density at radius 3 is 1.85 bits per heavy atom. The highest BCUT2D eigenvalue weighted by Gasteiger charge is 2.16. The first-order valence-corrected chi connectivity index (χ1v) is 14.6. The molecule has 0 aromatic heterocycles. The molecule has 5 nitrogen and oxygen atoms in total. The lowest BCUT2D eigenvalue weighted by atomic mass is 10.0. The minimum absolute atomic E-state index is 0.305. The maximum atomic E-state index is 5.75. The van der Waals surface area contributed by atoms with E-state index in [1.54, 1.807) is 0 Å². The van der Waals surface area contributed by atoms with Gasteiger partial charge in [-0.2, -0.15) is 0 Å². The van der Waals surface area contributed by atoms with Crippen molar-refractivity contribution in [2.24, 2.45) is 11.8 Å². The molecule has 0 unspecified atom stereocenters. The van der Waals surface area contributed by atoms with Gasteiger partial charge in [-0.1, -0.05) is 66.2 Å². The molecule has 1 aliphatic heterocycles. The quantitative estimate of drug-likeness (QED) is 0.187. The average molecular weight is 480 g/mol. The van der Waals surface area contributed by atoms with E-state index < -0.39 is 0 Å². The summed E-state index contributed by atoms with van der Waals surface area (Å²) in [4.78, 5) is 0. The number of unbranched alkanes of at least 4 members (excludes halogenated alkanes) is 1. The monoisotopic (exact) mass is 479 g/mol. The van der Waals surface area contributed by atoms with Gasteiger partial charge in [-0.25, -0.2) is 0 Å². The third kappa shape index (κ3) is 15.0. The van der Waals surface area contributed by atoms with E-state index in [0.717, 1.165) is 70.8 Å². The van der Waals surface area contributed by atoms with Gasteiger partial charge in [0.15, 0.2) is 11.5 Å². The van der Waals surface area contributed by atoms with Crippen molar-refractivity contribution in [3.05, 3.63) is 23.3 Å². The van der Waals surface area contributed by atoms with Gasteiger partial charge in [-0.05, 0) is 36.1 Å². The lowest BCUT2D eigenvalue weighted by Crippen LogP contribution is -2.10. The van der Waals surface area contributed by atoms with E-state index in [9.17, 15) is 0 Å². The van der Waals surface area contributed by atoms with E-state index in [-0.39, 0.29) is 0 Å². The molecule has 1 aliphatic rings. The van der Waals surface area contributed by atoms with Gasteiger partial charge in [0.05, 0.1) is 33.0 Å². The Hall–Kier alpha value is -0.768. The highest BCUT2D eigenvalue weighted by atomic mass is 27.1. The zero-order valence-electron chi connectivity index (χ0n) is 22.1. The van der Waals surface area contributed by atoms with Gasteiger partial charge in [0.25, 0.3) is 0 Å². The second-order valence-corrected chi connectivity index (χ2v) is 10.9. The van der Waals surface area contributed by atoms with Crippen molar-refractivity contribution >= 4 is 15.2 Å². The van der Waals surface area contributed by atoms with Gasteiger partial charge in [0.2, 0.25) is 22.0 Å². The van der Waals surface area contributed by atoms with Gasteiger partial charge >= 0.3 is 0 Å². The van der Waals surface area contributed by atoms with Gasteiger partial charge < -0.3 is 23.7 Å². The van der Waals surface area contributed by atoms with E-state index in [2.05, 4.69) is 47.6 Å². The van der Waals surface area contributed by atoms with Crippen molar-refractivity contribution in [3.63, 3.8) is 0 Å². The van der Waals surface area contributed by atoms with Crippen molar-refractivity contribution in [1.29, 1.82) is 0 Å². The van der Waals surface area contributed by atoms with Crippen LogP contribution in [0.5, 0.6) is 11.5 Å². The van der Waals surface area contributed by atoms with Crippen molar-refractivity contribution in [3.8, 4) is 11.5 Å². The Labute approximate surface area is 209 Å². The van der Waals surface area contributed by atoms with Crippen LogP contribution in [-0.4, -0.2) is 55.0 Å². The van der Waals surface area contributed by atoms with Crippen molar-refractivity contribution in [1.82, 2.24) is 0 Å². The van der Waals surface area contributed by atoms with E-state index in [1.807, 2.05) is 6.07 Å². The predicted octanol–water partition coefficient (Wildman–Crippen LogP) is 6.56. The molecule has 1 radical (unpaired) electrons. The average Bonchev–Trinajstić information content (AvgIpc) is 3.22. The summed E-state index contributed by atoms with van der Waals surface area (Å²) >= 11 is 0.755. The first-order chi connectivity index (χ1) is 16.0. The molecule has 0 spiro atoms. The molecular formula is C27H48AlO5. The van der Waals surface area contributed by atoms with Crippen LogP contribution in [0.15, 0.2) is 12.1 Å². The van der Waals surface area contributed by atoms with Gasteiger partial charge in [-0.15, -0.1) is 10.6 Å². The zero-order valence-corrected chi connectivity index (χ0v) is 23.3. The Kier molecular flexibility index (Phi) is 17.9. The number of hydrogen-bond acceptors (Lipinski definition) is 5. The molecule has 0 amide bonds. The minimum atomic E-state index is 0.305. The molecule has 0 bridgehead atoms. The molecule has 189 valence electrons. The molecule has 0 saturated heterocycles. The lowest BCUT2D eigenvalue weighted by Gasteiger charge is -2.11. The topological polar surface area (TPSA) is 46.2 Å². The molecule has 0 fully saturated rings. The summed E-state index contributed by atoms with van der Waals surface area (Å²) in [7, 11) is 0. The fourth-order valence-electron chi connectivity index (χ4n) is 3.29. The highest BCUT2D eigenvalue weighted by molar-refractivity contribution is 6.35. The second-order valence-electron chi connectivity index (χ2n) is 9.40. The highest BCUT2D eigenvalue weighted by Crippen LogP contribution is 2.35. The molecule has 6 heteroatoms. The Bertz CT molecular complexity index is 598. The standard InChI is InChI=1S/C19H30O5.2C4H9.Al/c1-3-5-7-20-8-9-21-10-11-22-14-17-13-19-18(23-15-24-19)12-16(17)6-4-2;2*1-4(2)3;/h12-13H,3-11,14-15H2,1-2H3;2*4H,1H2,2-3H3;. The fourth-order valence-corrected chi connectivity index (χ4v) is 4.82. The van der Waals surface area contributed by atoms with Crippen molar-refractivity contribution in [2.75, 3.05) is 39.8 Å². The third-order valence-electron chi connectivity index (χ3n) is 5.13. The summed E-state index contributed by atoms with van der Waals surface area (Å²) in [5, 5.41) is 2.97. The third-order valence-corrected chi connectivity index (χ3v) is 7.69. The molecule has 1 heterocycles. The van der Waals surface area contributed by atoms with Crippen molar-refractivity contribution < 1.29 is 23.7 Å². The van der Waals surface area contributed by atoms with E-state index in [4.69, 9.17) is 23.7 Å². The van der Waals surface area contributed by atoms with Gasteiger partial charge in [0.1, 0.15) is 0 Å². The van der Waals surface area contributed by atoms with Crippen LogP contribution in [0, 0.1) is 11.8 Å². The van der Waals surface area contributed by atoms with Gasteiger partial charge in [0, 0.05) is 6.61 Å². The van der Waals surface area contributed by atoms with Crippen LogP contribution in [0.1, 0.15) is 71.9 Å². The van der Waals surface area contributed by atoms with E-state index >= 15 is 0 Å². The zero-order chi connectivity index (χ0) is 24.3. The molecule has 0 saturated carbocycles. The Morgan fingerprint density at radius 2 is 1.30 bits per heavy atom. The largest absolute Gasteiger partial charge is 0.454 e. The van der Waals surface area contributed by atoms with Gasteiger partial charge in [-0.3, -0.25) is 0 Å². The van der Waals surface area contributed by atoms with Crippen LogP contribution in [0.3, 0.4) is 0 Å². The molecule has 2 rings (SSSR count). The maximum absolute atomic E-state index is 5.75. The number of rotatable bonds is 17. The number of fused-ring (bicyclic) bond motifs is 1. The number of benzene rings is 1. The predicted molar refractivity (Wildman–Crippen MR) is 138 cm³/mol. The molecule has 0 aliphatic carbocycles. The minimum Gasteiger partial charge on any atom is -0.454 e. The first kappa shape index (κ1) is 30.3. The van der Waals surface area contributed by atoms with Crippen LogP contribution < -0.4 is 9.47 Å². The summed E-state index contributed by atoms with van der Waals surface area (Å²) in [5.41, 5.74) is 2.44. The maximum Gasteiger partial charge on any atom is 0.231 e. The molecule has 1 aromatic carbocycles. The summed E-state index contributed by atoms with van der Waals surface area (Å²) in [6.45, 7) is 17.7. The number of ether oxygens (including phenoxy) is 5. The molecule has 0 atom stereocenters. The van der Waals surface area contributed by atoms with Crippen LogP contribution in [-0.2, 0) is 27.2 Å². The summed E-state index contributed by atoms with van der Waals surface area (Å²) < 4.78 is 27.6. The summed E-state index contributed by atoms with van der Waals surface area (Å²) in [6.07, 6.45) is 4.38. The Balaban J connectivity index is 0.000000513. The van der Waals surface area contributed by atoms with Crippen LogP contribution in [0.4, 0.5) is 0 Å². The normalized spacial score (nSPS) is 12.2. The first-order valence-electron chi connectivity index (χ1n) is 12.9. The second kappa shape index (κ2) is 19.5. The van der Waals surface area contributed by atoms with Crippen LogP contribution in [0.2, 0.25) is 10.6 Å². The number of aryl methyl sites for hydroxylation is 1.